The number of benzene rings is 1. The smallest absolute Gasteiger partial charge is 0.315 e. The van der Waals surface area contributed by atoms with Crippen molar-refractivity contribution < 1.29 is 9.53 Å². The van der Waals surface area contributed by atoms with Crippen LogP contribution in [0.4, 0.5) is 4.79 Å². The first kappa shape index (κ1) is 15.7. The predicted octanol–water partition coefficient (Wildman–Crippen LogP) is 3.45. The first-order valence-electron chi connectivity index (χ1n) is 6.55. The molecule has 0 saturated heterocycles. The lowest BCUT2D eigenvalue weighted by Gasteiger charge is -2.11. The molecule has 2 aromatic rings. The number of hydrogen-bond acceptors (Lipinski definition) is 3. The summed E-state index contributed by atoms with van der Waals surface area (Å²) < 4.78 is 5.23. The average Bonchev–Trinajstić information content (AvgIpc) is 2.99. The molecular formula is C15H17ClN2O2S. The highest BCUT2D eigenvalue weighted by Gasteiger charge is 2.06. The molecule has 0 aliphatic heterocycles. The van der Waals surface area contributed by atoms with Gasteiger partial charge in [0, 0.05) is 28.6 Å². The average molecular weight is 325 g/mol. The molecule has 0 spiro atoms. The van der Waals surface area contributed by atoms with Crippen molar-refractivity contribution in [1.82, 2.24) is 10.6 Å². The Bertz CT molecular complexity index is 587. The largest absolute Gasteiger partial charge is 0.496 e. The third kappa shape index (κ3) is 4.95. The van der Waals surface area contributed by atoms with Gasteiger partial charge in [-0.3, -0.25) is 0 Å². The van der Waals surface area contributed by atoms with Crippen molar-refractivity contribution >= 4 is 29.0 Å². The zero-order valence-electron chi connectivity index (χ0n) is 11.7. The fourth-order valence-corrected chi connectivity index (χ4v) is 2.73. The van der Waals surface area contributed by atoms with Crippen molar-refractivity contribution in [1.29, 1.82) is 0 Å². The maximum atomic E-state index is 11.7. The van der Waals surface area contributed by atoms with Crippen LogP contribution in [0.3, 0.4) is 0 Å². The number of carbonyl (C=O) groups is 1. The Labute approximate surface area is 133 Å². The number of nitrogens with one attached hydrogen (secondary N) is 2. The highest BCUT2D eigenvalue weighted by molar-refractivity contribution is 7.09. The molecule has 21 heavy (non-hydrogen) atoms. The van der Waals surface area contributed by atoms with Gasteiger partial charge in [0.1, 0.15) is 5.75 Å². The zero-order valence-corrected chi connectivity index (χ0v) is 13.3. The van der Waals surface area contributed by atoms with E-state index in [2.05, 4.69) is 16.7 Å². The summed E-state index contributed by atoms with van der Waals surface area (Å²) in [6.45, 7) is 1.01. The van der Waals surface area contributed by atoms with E-state index in [0.29, 0.717) is 23.9 Å². The van der Waals surface area contributed by atoms with Gasteiger partial charge in [-0.25, -0.2) is 4.79 Å². The van der Waals surface area contributed by atoms with Crippen LogP contribution in [0.5, 0.6) is 5.75 Å². The van der Waals surface area contributed by atoms with E-state index in [4.69, 9.17) is 16.3 Å². The van der Waals surface area contributed by atoms with Gasteiger partial charge in [-0.2, -0.15) is 0 Å². The van der Waals surface area contributed by atoms with E-state index >= 15 is 0 Å². The summed E-state index contributed by atoms with van der Waals surface area (Å²) >= 11 is 7.59. The van der Waals surface area contributed by atoms with Gasteiger partial charge in [-0.1, -0.05) is 23.7 Å². The Morgan fingerprint density at radius 1 is 1.33 bits per heavy atom. The number of thiophene rings is 1. The van der Waals surface area contributed by atoms with Gasteiger partial charge in [0.2, 0.25) is 0 Å². The Balaban J connectivity index is 1.76. The first-order valence-corrected chi connectivity index (χ1v) is 7.81. The molecule has 0 saturated carbocycles. The summed E-state index contributed by atoms with van der Waals surface area (Å²) in [6, 6.07) is 9.22. The molecule has 0 bridgehead atoms. The van der Waals surface area contributed by atoms with Gasteiger partial charge in [-0.15, -0.1) is 11.3 Å². The molecule has 0 fully saturated rings. The fourth-order valence-electron chi connectivity index (χ4n) is 1.86. The quantitative estimate of drug-likeness (QED) is 0.855. The highest BCUT2D eigenvalue weighted by atomic mass is 35.5. The standard InChI is InChI=1S/C15H17ClN2O2S/c1-20-14-9-12(16)5-4-11(14)10-18-15(19)17-7-6-13-3-2-8-21-13/h2-5,8-9H,6-7,10H2,1H3,(H2,17,18,19). The van der Waals surface area contributed by atoms with E-state index in [1.54, 1.807) is 30.6 Å². The molecule has 1 aromatic carbocycles. The minimum Gasteiger partial charge on any atom is -0.496 e. The Morgan fingerprint density at radius 2 is 2.19 bits per heavy atom. The lowest BCUT2D eigenvalue weighted by Crippen LogP contribution is -2.36. The molecule has 112 valence electrons. The summed E-state index contributed by atoms with van der Waals surface area (Å²) in [6.07, 6.45) is 0.843. The molecule has 0 unspecified atom stereocenters. The van der Waals surface area contributed by atoms with E-state index in [1.165, 1.54) is 4.88 Å². The maximum Gasteiger partial charge on any atom is 0.315 e. The number of hydrogen-bond donors (Lipinski definition) is 2. The van der Waals surface area contributed by atoms with Crippen LogP contribution in [0.2, 0.25) is 5.02 Å². The summed E-state index contributed by atoms with van der Waals surface area (Å²) in [5.74, 6) is 0.668. The molecule has 0 aliphatic rings. The molecule has 0 radical (unpaired) electrons. The third-order valence-electron chi connectivity index (χ3n) is 2.93. The highest BCUT2D eigenvalue weighted by Crippen LogP contribution is 2.22. The summed E-state index contributed by atoms with van der Waals surface area (Å²) in [4.78, 5) is 13.0. The molecule has 4 nitrogen and oxygen atoms in total. The number of urea groups is 1. The van der Waals surface area contributed by atoms with Crippen LogP contribution >= 0.6 is 22.9 Å². The Hall–Kier alpha value is -1.72. The van der Waals surface area contributed by atoms with Crippen molar-refractivity contribution in [2.45, 2.75) is 13.0 Å². The van der Waals surface area contributed by atoms with Gasteiger partial charge in [0.25, 0.3) is 0 Å². The topological polar surface area (TPSA) is 50.4 Å². The van der Waals surface area contributed by atoms with Crippen molar-refractivity contribution in [3.05, 3.63) is 51.2 Å². The van der Waals surface area contributed by atoms with Crippen molar-refractivity contribution in [2.24, 2.45) is 0 Å². The van der Waals surface area contributed by atoms with Crippen LogP contribution < -0.4 is 15.4 Å². The van der Waals surface area contributed by atoms with Crippen LogP contribution in [0, 0.1) is 0 Å². The molecule has 0 atom stereocenters. The lowest BCUT2D eigenvalue weighted by atomic mass is 10.2. The van der Waals surface area contributed by atoms with Crippen LogP contribution in [0.1, 0.15) is 10.4 Å². The number of rotatable bonds is 6. The molecule has 1 heterocycles. The first-order chi connectivity index (χ1) is 10.2. The van der Waals surface area contributed by atoms with E-state index in [9.17, 15) is 4.79 Å². The number of methoxy groups -OCH3 is 1. The zero-order chi connectivity index (χ0) is 15.1. The van der Waals surface area contributed by atoms with Crippen LogP contribution in [0.15, 0.2) is 35.7 Å². The number of carbonyl (C=O) groups excluding carboxylic acids is 1. The van der Waals surface area contributed by atoms with Crippen molar-refractivity contribution in [3.8, 4) is 5.75 Å². The fraction of sp³-hybridized carbons (Fsp3) is 0.267. The van der Waals surface area contributed by atoms with Gasteiger partial charge in [0.05, 0.1) is 7.11 Å². The SMILES string of the molecule is COc1cc(Cl)ccc1CNC(=O)NCCc1cccs1. The second kappa shape index (κ2) is 7.90. The van der Waals surface area contributed by atoms with Gasteiger partial charge >= 0.3 is 6.03 Å². The van der Waals surface area contributed by atoms with E-state index in [1.807, 2.05) is 17.5 Å². The van der Waals surface area contributed by atoms with Crippen molar-refractivity contribution in [2.75, 3.05) is 13.7 Å². The molecule has 1 aromatic heterocycles. The predicted molar refractivity (Wildman–Crippen MR) is 86.3 cm³/mol. The van der Waals surface area contributed by atoms with Crippen LogP contribution in [0.25, 0.3) is 0 Å². The van der Waals surface area contributed by atoms with Crippen molar-refractivity contribution in [3.63, 3.8) is 0 Å². The Morgan fingerprint density at radius 3 is 2.90 bits per heavy atom. The van der Waals surface area contributed by atoms with Gasteiger partial charge in [-0.05, 0) is 30.0 Å². The van der Waals surface area contributed by atoms with Crippen LogP contribution in [-0.4, -0.2) is 19.7 Å². The maximum absolute atomic E-state index is 11.7. The summed E-state index contributed by atoms with van der Waals surface area (Å²) in [5, 5.41) is 8.27. The molecule has 6 heteroatoms. The number of ether oxygens (including phenoxy) is 1. The molecular weight excluding hydrogens is 308 g/mol. The molecule has 2 rings (SSSR count). The van der Waals surface area contributed by atoms with Gasteiger partial charge in [0.15, 0.2) is 0 Å². The van der Waals surface area contributed by atoms with E-state index in [0.717, 1.165) is 12.0 Å². The number of halogens is 1. The summed E-state index contributed by atoms with van der Waals surface area (Å²) in [5.41, 5.74) is 0.885. The lowest BCUT2D eigenvalue weighted by molar-refractivity contribution is 0.240. The minimum absolute atomic E-state index is 0.191. The molecule has 2 N–H and O–H groups in total. The minimum atomic E-state index is -0.191. The normalized spacial score (nSPS) is 10.2. The summed E-state index contributed by atoms with van der Waals surface area (Å²) in [7, 11) is 1.58. The van der Waals surface area contributed by atoms with E-state index in [-0.39, 0.29) is 6.03 Å². The van der Waals surface area contributed by atoms with Crippen LogP contribution in [-0.2, 0) is 13.0 Å². The molecule has 0 aliphatic carbocycles. The third-order valence-corrected chi connectivity index (χ3v) is 4.10. The number of amides is 2. The second-order valence-electron chi connectivity index (χ2n) is 4.39. The molecule has 2 amide bonds. The Kier molecular flexibility index (Phi) is 5.90. The van der Waals surface area contributed by atoms with E-state index < -0.39 is 0 Å². The second-order valence-corrected chi connectivity index (χ2v) is 5.86. The monoisotopic (exact) mass is 324 g/mol. The van der Waals surface area contributed by atoms with Gasteiger partial charge < -0.3 is 15.4 Å².